The minimum absolute atomic E-state index is 0.399. The molecular weight excluding hydrogens is 272 g/mol. The zero-order chi connectivity index (χ0) is 13.8. The molecule has 104 valence electrons. The van der Waals surface area contributed by atoms with Gasteiger partial charge in [-0.25, -0.2) is 0 Å². The van der Waals surface area contributed by atoms with Crippen LogP contribution in [-0.2, 0) is 0 Å². The molecule has 0 radical (unpaired) electrons. The van der Waals surface area contributed by atoms with Gasteiger partial charge < -0.3 is 10.2 Å². The highest BCUT2D eigenvalue weighted by molar-refractivity contribution is 6.29. The third-order valence-electron chi connectivity index (χ3n) is 3.49. The van der Waals surface area contributed by atoms with E-state index in [9.17, 15) is 0 Å². The van der Waals surface area contributed by atoms with E-state index in [1.54, 1.807) is 6.07 Å². The number of rotatable bonds is 3. The van der Waals surface area contributed by atoms with Gasteiger partial charge in [-0.3, -0.25) is 0 Å². The first-order valence-electron chi connectivity index (χ1n) is 6.92. The number of hydrogen-bond donors (Lipinski definition) is 1. The molecule has 1 aliphatic heterocycles. The second kappa shape index (κ2) is 6.09. The number of piperidine rings is 1. The lowest BCUT2D eigenvalue weighted by molar-refractivity contribution is 0.578. The number of nitrogens with one attached hydrogen (secondary N) is 1. The topological polar surface area (TPSA) is 41.0 Å². The Labute approximate surface area is 123 Å². The molecule has 2 heterocycles. The van der Waals surface area contributed by atoms with Gasteiger partial charge in [0.25, 0.3) is 0 Å². The third kappa shape index (κ3) is 3.20. The van der Waals surface area contributed by atoms with E-state index in [0.29, 0.717) is 11.0 Å². The maximum atomic E-state index is 5.71. The summed E-state index contributed by atoms with van der Waals surface area (Å²) >= 11 is 5.71. The van der Waals surface area contributed by atoms with Crippen molar-refractivity contribution in [2.45, 2.75) is 19.3 Å². The fraction of sp³-hybridized carbons (Fsp3) is 0.333. The van der Waals surface area contributed by atoms with E-state index in [0.717, 1.165) is 18.8 Å². The zero-order valence-electron chi connectivity index (χ0n) is 11.2. The molecule has 0 aliphatic carbocycles. The molecule has 0 atom stereocenters. The molecule has 3 rings (SSSR count). The summed E-state index contributed by atoms with van der Waals surface area (Å²) in [5.74, 6) is 0.695. The molecule has 2 aromatic rings. The fourth-order valence-corrected chi connectivity index (χ4v) is 2.54. The third-order valence-corrected chi connectivity index (χ3v) is 3.69. The molecular formula is C15H17ClN4. The molecule has 1 aromatic heterocycles. The number of halogens is 1. The highest BCUT2D eigenvalue weighted by atomic mass is 35.5. The molecule has 0 bridgehead atoms. The first-order chi connectivity index (χ1) is 9.81. The van der Waals surface area contributed by atoms with Crippen molar-refractivity contribution in [3.63, 3.8) is 0 Å². The lowest BCUT2D eigenvalue weighted by Gasteiger charge is -2.28. The summed E-state index contributed by atoms with van der Waals surface area (Å²) in [6.07, 6.45) is 3.94. The van der Waals surface area contributed by atoms with Gasteiger partial charge in [-0.05, 0) is 55.7 Å². The van der Waals surface area contributed by atoms with Crippen LogP contribution < -0.4 is 10.2 Å². The summed E-state index contributed by atoms with van der Waals surface area (Å²) in [4.78, 5) is 2.44. The highest BCUT2D eigenvalue weighted by Gasteiger charge is 2.10. The van der Waals surface area contributed by atoms with E-state index >= 15 is 0 Å². The minimum atomic E-state index is 0.399. The number of nitrogens with zero attached hydrogens (tertiary/aromatic N) is 3. The average molecular weight is 289 g/mol. The monoisotopic (exact) mass is 288 g/mol. The molecule has 1 fully saturated rings. The number of anilines is 3. The van der Waals surface area contributed by atoms with Crippen LogP contribution in [0.25, 0.3) is 0 Å². The Morgan fingerprint density at radius 3 is 2.30 bits per heavy atom. The maximum absolute atomic E-state index is 5.71. The quantitative estimate of drug-likeness (QED) is 0.931. The Hall–Kier alpha value is -1.81. The number of hydrogen-bond acceptors (Lipinski definition) is 4. The van der Waals surface area contributed by atoms with Gasteiger partial charge in [-0.2, -0.15) is 0 Å². The van der Waals surface area contributed by atoms with E-state index in [1.807, 2.05) is 6.07 Å². The second-order valence-corrected chi connectivity index (χ2v) is 5.35. The normalized spacial score (nSPS) is 15.2. The largest absolute Gasteiger partial charge is 0.372 e. The van der Waals surface area contributed by atoms with Crippen molar-refractivity contribution >= 4 is 28.8 Å². The van der Waals surface area contributed by atoms with Gasteiger partial charge in [0, 0.05) is 24.5 Å². The first kappa shape index (κ1) is 13.2. The lowest BCUT2D eigenvalue weighted by Crippen LogP contribution is -2.29. The SMILES string of the molecule is Clc1ccc(Nc2ccc(N3CCCCC3)cc2)nn1. The maximum Gasteiger partial charge on any atom is 0.153 e. The van der Waals surface area contributed by atoms with Crippen LogP contribution in [0.4, 0.5) is 17.2 Å². The second-order valence-electron chi connectivity index (χ2n) is 4.96. The molecule has 20 heavy (non-hydrogen) atoms. The van der Waals surface area contributed by atoms with Gasteiger partial charge >= 0.3 is 0 Å². The standard InChI is InChI=1S/C15H17ClN4/c16-14-8-9-15(19-18-14)17-12-4-6-13(7-5-12)20-10-2-1-3-11-20/h4-9H,1-3,10-11H2,(H,17,19). The molecule has 0 amide bonds. The summed E-state index contributed by atoms with van der Waals surface area (Å²) in [7, 11) is 0. The molecule has 4 nitrogen and oxygen atoms in total. The summed E-state index contributed by atoms with van der Waals surface area (Å²) in [5, 5.41) is 11.4. The Bertz CT molecular complexity index is 547. The Balaban J connectivity index is 1.67. The van der Waals surface area contributed by atoms with Crippen molar-refractivity contribution in [1.29, 1.82) is 0 Å². The van der Waals surface area contributed by atoms with Gasteiger partial charge in [-0.15, -0.1) is 10.2 Å². The smallest absolute Gasteiger partial charge is 0.153 e. The summed E-state index contributed by atoms with van der Waals surface area (Å²) in [6, 6.07) is 12.0. The number of benzene rings is 1. The van der Waals surface area contributed by atoms with E-state index in [-0.39, 0.29) is 0 Å². The first-order valence-corrected chi connectivity index (χ1v) is 7.30. The van der Waals surface area contributed by atoms with Crippen LogP contribution in [0.3, 0.4) is 0 Å². The van der Waals surface area contributed by atoms with Gasteiger partial charge in [-0.1, -0.05) is 11.6 Å². The van der Waals surface area contributed by atoms with Crippen molar-refractivity contribution < 1.29 is 0 Å². The molecule has 0 unspecified atom stereocenters. The lowest BCUT2D eigenvalue weighted by atomic mass is 10.1. The highest BCUT2D eigenvalue weighted by Crippen LogP contribution is 2.23. The van der Waals surface area contributed by atoms with Crippen LogP contribution >= 0.6 is 11.6 Å². The number of aromatic nitrogens is 2. The van der Waals surface area contributed by atoms with Gasteiger partial charge in [0.15, 0.2) is 11.0 Å². The Morgan fingerprint density at radius 2 is 1.65 bits per heavy atom. The predicted octanol–water partition coefficient (Wildman–Crippen LogP) is 3.86. The van der Waals surface area contributed by atoms with Crippen LogP contribution in [0.5, 0.6) is 0 Å². The zero-order valence-corrected chi connectivity index (χ0v) is 12.0. The van der Waals surface area contributed by atoms with Crippen molar-refractivity contribution in [1.82, 2.24) is 10.2 Å². The fourth-order valence-electron chi connectivity index (χ4n) is 2.44. The molecule has 0 spiro atoms. The molecule has 5 heteroatoms. The van der Waals surface area contributed by atoms with E-state index < -0.39 is 0 Å². The molecule has 1 aromatic carbocycles. The van der Waals surface area contributed by atoms with Crippen molar-refractivity contribution in [3.8, 4) is 0 Å². The van der Waals surface area contributed by atoms with E-state index in [2.05, 4.69) is 44.7 Å². The molecule has 0 saturated carbocycles. The van der Waals surface area contributed by atoms with Crippen LogP contribution in [-0.4, -0.2) is 23.3 Å². The van der Waals surface area contributed by atoms with Crippen LogP contribution in [0.1, 0.15) is 19.3 Å². The van der Waals surface area contributed by atoms with Crippen LogP contribution in [0, 0.1) is 0 Å². The van der Waals surface area contributed by atoms with Crippen LogP contribution in [0.15, 0.2) is 36.4 Å². The molecule has 1 N–H and O–H groups in total. The minimum Gasteiger partial charge on any atom is -0.372 e. The van der Waals surface area contributed by atoms with Gasteiger partial charge in [0.05, 0.1) is 0 Å². The molecule has 1 saturated heterocycles. The van der Waals surface area contributed by atoms with Gasteiger partial charge in [0.1, 0.15) is 0 Å². The Morgan fingerprint density at radius 1 is 0.900 bits per heavy atom. The molecule has 1 aliphatic rings. The summed E-state index contributed by atoms with van der Waals surface area (Å²) in [6.45, 7) is 2.32. The van der Waals surface area contributed by atoms with E-state index in [1.165, 1.54) is 24.9 Å². The van der Waals surface area contributed by atoms with Crippen molar-refractivity contribution in [2.24, 2.45) is 0 Å². The average Bonchev–Trinajstić information content (AvgIpc) is 2.51. The summed E-state index contributed by atoms with van der Waals surface area (Å²) < 4.78 is 0. The van der Waals surface area contributed by atoms with Crippen molar-refractivity contribution in [2.75, 3.05) is 23.3 Å². The van der Waals surface area contributed by atoms with Crippen molar-refractivity contribution in [3.05, 3.63) is 41.6 Å². The predicted molar refractivity (Wildman–Crippen MR) is 82.8 cm³/mol. The Kier molecular flexibility index (Phi) is 4.02. The van der Waals surface area contributed by atoms with E-state index in [4.69, 9.17) is 11.6 Å². The van der Waals surface area contributed by atoms with Crippen LogP contribution in [0.2, 0.25) is 5.15 Å². The summed E-state index contributed by atoms with van der Waals surface area (Å²) in [5.41, 5.74) is 2.29. The van der Waals surface area contributed by atoms with Gasteiger partial charge in [0.2, 0.25) is 0 Å².